The van der Waals surface area contributed by atoms with Gasteiger partial charge in [0.2, 0.25) is 0 Å². The fraction of sp³-hybridized carbons (Fsp3) is 0.250. The highest BCUT2D eigenvalue weighted by molar-refractivity contribution is 7.17. The summed E-state index contributed by atoms with van der Waals surface area (Å²) in [6, 6.07) is 10.3. The summed E-state index contributed by atoms with van der Waals surface area (Å²) >= 11 is 1.43. The molecule has 7 heteroatoms. The normalized spacial score (nSPS) is 14.2. The van der Waals surface area contributed by atoms with Crippen LogP contribution in [-0.2, 0) is 13.1 Å². The summed E-state index contributed by atoms with van der Waals surface area (Å²) in [6.45, 7) is 3.29. The third-order valence-corrected chi connectivity index (χ3v) is 4.81. The molecule has 0 saturated heterocycles. The van der Waals surface area contributed by atoms with Crippen molar-refractivity contribution >= 4 is 39.6 Å². The number of rotatable bonds is 2. The average Bonchev–Trinajstić information content (AvgIpc) is 2.91. The van der Waals surface area contributed by atoms with Crippen molar-refractivity contribution in [2.75, 3.05) is 18.0 Å². The second-order valence-electron chi connectivity index (χ2n) is 5.37. The lowest BCUT2D eigenvalue weighted by atomic mass is 10.1. The molecule has 0 aliphatic carbocycles. The Morgan fingerprint density at radius 2 is 2.13 bits per heavy atom. The molecule has 0 spiro atoms. The van der Waals surface area contributed by atoms with E-state index in [1.807, 2.05) is 11.4 Å². The van der Waals surface area contributed by atoms with Gasteiger partial charge in [-0.3, -0.25) is 4.79 Å². The van der Waals surface area contributed by atoms with Crippen LogP contribution in [0.15, 0.2) is 40.5 Å². The lowest BCUT2D eigenvalue weighted by molar-refractivity contribution is 0.680. The second kappa shape index (κ2) is 6.70. The summed E-state index contributed by atoms with van der Waals surface area (Å²) in [5.41, 5.74) is 3.22. The predicted molar refractivity (Wildman–Crippen MR) is 96.7 cm³/mol. The van der Waals surface area contributed by atoms with Crippen LogP contribution in [-0.4, -0.2) is 23.1 Å². The van der Waals surface area contributed by atoms with Crippen LogP contribution in [0.1, 0.15) is 11.4 Å². The Morgan fingerprint density at radius 1 is 1.26 bits per heavy atom. The molecule has 2 aromatic heterocycles. The van der Waals surface area contributed by atoms with E-state index in [0.717, 1.165) is 25.2 Å². The molecule has 0 unspecified atom stereocenters. The molecule has 0 atom stereocenters. The van der Waals surface area contributed by atoms with E-state index < -0.39 is 0 Å². The molecule has 0 amide bonds. The Hall–Kier alpha value is -1.89. The van der Waals surface area contributed by atoms with E-state index in [1.165, 1.54) is 22.6 Å². The standard InChI is InChI=1S/C16H16N4OS.ClH/c21-16-15-12(5-8-22-15)18-14(19-16)10-20-7-6-17-9-11-3-1-2-4-13(11)20;/h1-5,8,17H,6-7,9-10H2,(H,18,19,21);1H. The zero-order chi connectivity index (χ0) is 14.9. The molecule has 3 heterocycles. The summed E-state index contributed by atoms with van der Waals surface area (Å²) in [5, 5.41) is 5.33. The third kappa shape index (κ3) is 3.10. The van der Waals surface area contributed by atoms with Gasteiger partial charge in [-0.25, -0.2) is 4.98 Å². The molecule has 120 valence electrons. The minimum absolute atomic E-state index is 0. The zero-order valence-corrected chi connectivity index (χ0v) is 14.0. The lowest BCUT2D eigenvalue weighted by Crippen LogP contribution is -2.29. The van der Waals surface area contributed by atoms with Crippen molar-refractivity contribution in [3.8, 4) is 0 Å². The minimum atomic E-state index is -0.0452. The monoisotopic (exact) mass is 348 g/mol. The first-order valence-corrected chi connectivity index (χ1v) is 8.19. The number of thiophene rings is 1. The number of benzene rings is 1. The van der Waals surface area contributed by atoms with Gasteiger partial charge in [-0.1, -0.05) is 18.2 Å². The van der Waals surface area contributed by atoms with Crippen molar-refractivity contribution in [3.63, 3.8) is 0 Å². The second-order valence-corrected chi connectivity index (χ2v) is 6.29. The van der Waals surface area contributed by atoms with Gasteiger partial charge in [0.15, 0.2) is 0 Å². The predicted octanol–water partition coefficient (Wildman–Crippen LogP) is 2.52. The molecule has 0 saturated carbocycles. The number of hydrogen-bond donors (Lipinski definition) is 2. The third-order valence-electron chi connectivity index (χ3n) is 3.91. The molecular weight excluding hydrogens is 332 g/mol. The Kier molecular flexibility index (Phi) is 4.66. The van der Waals surface area contributed by atoms with E-state index in [-0.39, 0.29) is 18.0 Å². The number of para-hydroxylation sites is 1. The molecule has 4 rings (SSSR count). The number of hydrogen-bond acceptors (Lipinski definition) is 5. The van der Waals surface area contributed by atoms with Crippen molar-refractivity contribution < 1.29 is 0 Å². The van der Waals surface area contributed by atoms with E-state index in [4.69, 9.17) is 0 Å². The van der Waals surface area contributed by atoms with Crippen LogP contribution in [0, 0.1) is 0 Å². The summed E-state index contributed by atoms with van der Waals surface area (Å²) < 4.78 is 0.696. The Morgan fingerprint density at radius 3 is 3.04 bits per heavy atom. The van der Waals surface area contributed by atoms with E-state index in [1.54, 1.807) is 0 Å². The number of H-pyrrole nitrogens is 1. The molecule has 3 aromatic rings. The van der Waals surface area contributed by atoms with Crippen LogP contribution in [0.2, 0.25) is 0 Å². The highest BCUT2D eigenvalue weighted by atomic mass is 35.5. The van der Waals surface area contributed by atoms with Crippen molar-refractivity contribution in [1.82, 2.24) is 15.3 Å². The highest BCUT2D eigenvalue weighted by Crippen LogP contribution is 2.23. The topological polar surface area (TPSA) is 61.0 Å². The Labute approximate surface area is 143 Å². The van der Waals surface area contributed by atoms with Crippen LogP contribution in [0.4, 0.5) is 5.69 Å². The molecule has 1 aliphatic rings. The van der Waals surface area contributed by atoms with Gasteiger partial charge < -0.3 is 15.2 Å². The van der Waals surface area contributed by atoms with E-state index in [0.29, 0.717) is 17.1 Å². The molecule has 0 fully saturated rings. The first-order chi connectivity index (χ1) is 10.8. The molecule has 23 heavy (non-hydrogen) atoms. The molecule has 0 radical (unpaired) electrons. The number of fused-ring (bicyclic) bond motifs is 2. The SMILES string of the molecule is Cl.O=c1[nH]c(CN2CCNCc3ccccc32)nc2ccsc12. The quantitative estimate of drug-likeness (QED) is 0.747. The van der Waals surface area contributed by atoms with Crippen molar-refractivity contribution in [1.29, 1.82) is 0 Å². The molecule has 1 aromatic carbocycles. The van der Waals surface area contributed by atoms with Crippen molar-refractivity contribution in [3.05, 3.63) is 57.5 Å². The molecule has 1 aliphatic heterocycles. The number of halogens is 1. The highest BCUT2D eigenvalue weighted by Gasteiger charge is 2.16. The van der Waals surface area contributed by atoms with Crippen LogP contribution in [0.3, 0.4) is 0 Å². The fourth-order valence-electron chi connectivity index (χ4n) is 2.87. The molecule has 2 N–H and O–H groups in total. The first-order valence-electron chi connectivity index (χ1n) is 7.31. The molecular formula is C16H17ClN4OS. The largest absolute Gasteiger partial charge is 0.363 e. The maximum absolute atomic E-state index is 12.1. The van der Waals surface area contributed by atoms with Crippen LogP contribution in [0.25, 0.3) is 10.2 Å². The van der Waals surface area contributed by atoms with Gasteiger partial charge in [-0.05, 0) is 23.1 Å². The Bertz CT molecular complexity index is 876. The van der Waals surface area contributed by atoms with Crippen LogP contribution >= 0.6 is 23.7 Å². The maximum Gasteiger partial charge on any atom is 0.268 e. The van der Waals surface area contributed by atoms with Gasteiger partial charge in [-0.2, -0.15) is 0 Å². The van der Waals surface area contributed by atoms with E-state index in [2.05, 4.69) is 44.5 Å². The van der Waals surface area contributed by atoms with Gasteiger partial charge in [0.1, 0.15) is 10.5 Å². The molecule has 5 nitrogen and oxygen atoms in total. The molecule has 0 bridgehead atoms. The summed E-state index contributed by atoms with van der Waals surface area (Å²) in [5.74, 6) is 0.715. The van der Waals surface area contributed by atoms with Gasteiger partial charge in [-0.15, -0.1) is 23.7 Å². The fourth-order valence-corrected chi connectivity index (χ4v) is 3.59. The van der Waals surface area contributed by atoms with Gasteiger partial charge in [0.25, 0.3) is 5.56 Å². The number of aromatic amines is 1. The van der Waals surface area contributed by atoms with Crippen LogP contribution < -0.4 is 15.8 Å². The van der Waals surface area contributed by atoms with Gasteiger partial charge in [0, 0.05) is 25.3 Å². The number of anilines is 1. The van der Waals surface area contributed by atoms with E-state index in [9.17, 15) is 4.79 Å². The number of aromatic nitrogens is 2. The number of nitrogens with zero attached hydrogens (tertiary/aromatic N) is 2. The lowest BCUT2D eigenvalue weighted by Gasteiger charge is -2.23. The smallest absolute Gasteiger partial charge is 0.268 e. The van der Waals surface area contributed by atoms with Crippen molar-refractivity contribution in [2.24, 2.45) is 0 Å². The van der Waals surface area contributed by atoms with Gasteiger partial charge >= 0.3 is 0 Å². The first kappa shape index (κ1) is 16.0. The maximum atomic E-state index is 12.1. The van der Waals surface area contributed by atoms with E-state index >= 15 is 0 Å². The number of nitrogens with one attached hydrogen (secondary N) is 2. The average molecular weight is 349 g/mol. The summed E-state index contributed by atoms with van der Waals surface area (Å²) in [4.78, 5) is 21.9. The zero-order valence-electron chi connectivity index (χ0n) is 12.4. The minimum Gasteiger partial charge on any atom is -0.363 e. The van der Waals surface area contributed by atoms with Gasteiger partial charge in [0.05, 0.1) is 12.1 Å². The van der Waals surface area contributed by atoms with Crippen molar-refractivity contribution in [2.45, 2.75) is 13.1 Å². The Balaban J connectivity index is 0.00000156. The summed E-state index contributed by atoms with van der Waals surface area (Å²) in [6.07, 6.45) is 0. The van der Waals surface area contributed by atoms with Crippen LogP contribution in [0.5, 0.6) is 0 Å². The summed E-state index contributed by atoms with van der Waals surface area (Å²) in [7, 11) is 0.